The van der Waals surface area contributed by atoms with Crippen LogP contribution in [0.4, 0.5) is 0 Å². The molecule has 1 aliphatic heterocycles. The second kappa shape index (κ2) is 13.3. The van der Waals surface area contributed by atoms with Gasteiger partial charge in [-0.05, 0) is 62.8 Å². The fourth-order valence-corrected chi connectivity index (χ4v) is 7.76. The second-order valence-electron chi connectivity index (χ2n) is 12.0. The van der Waals surface area contributed by atoms with E-state index in [0.717, 1.165) is 49.8 Å². The molecule has 0 radical (unpaired) electrons. The molecule has 6 rings (SSSR count). The van der Waals surface area contributed by atoms with E-state index in [4.69, 9.17) is 44.1 Å². The van der Waals surface area contributed by atoms with Crippen LogP contribution in [-0.4, -0.2) is 49.0 Å². The molecule has 236 valence electrons. The summed E-state index contributed by atoms with van der Waals surface area (Å²) in [5, 5.41) is 17.2. The lowest BCUT2D eigenvalue weighted by Gasteiger charge is -2.51. The minimum absolute atomic E-state index is 0.193. The van der Waals surface area contributed by atoms with Crippen LogP contribution in [0.25, 0.3) is 11.3 Å². The van der Waals surface area contributed by atoms with E-state index in [1.165, 1.54) is 0 Å². The van der Waals surface area contributed by atoms with E-state index in [1.807, 2.05) is 16.9 Å². The van der Waals surface area contributed by atoms with Gasteiger partial charge >= 0.3 is 0 Å². The number of amides is 1. The average Bonchev–Trinajstić information content (AvgIpc) is 3.70. The standard InChI is InChI=1S/C31H34Cl3N3O6S/c32-24-8-3-9-25(33)27(24)28-22(29(43-35-28)18-10-11-18)15-42-21-12-13-23(26(34)14-21)31(39)16-37(17-31)20-6-1-4-19(5-2-7-20)30(38)36-44(40)41/h3,8-9,12-14,18-20,39H,1-2,4-7,10-11,15-17H2,(H,36,38)(H,40,41)/p-1. The van der Waals surface area contributed by atoms with Gasteiger partial charge in [-0.15, -0.1) is 0 Å². The van der Waals surface area contributed by atoms with Crippen molar-refractivity contribution in [2.45, 2.75) is 75.5 Å². The van der Waals surface area contributed by atoms with Gasteiger partial charge in [0.1, 0.15) is 29.4 Å². The summed E-state index contributed by atoms with van der Waals surface area (Å²) >= 11 is 17.1. The van der Waals surface area contributed by atoms with Crippen molar-refractivity contribution in [3.8, 4) is 17.0 Å². The van der Waals surface area contributed by atoms with Gasteiger partial charge in [0, 0.05) is 53.4 Å². The predicted molar refractivity (Wildman–Crippen MR) is 167 cm³/mol. The zero-order chi connectivity index (χ0) is 31.0. The van der Waals surface area contributed by atoms with E-state index < -0.39 is 22.8 Å². The first kappa shape index (κ1) is 31.8. The average molecular weight is 682 g/mol. The number of likely N-dealkylation sites (tertiary alicyclic amines) is 1. The third-order valence-corrected chi connectivity index (χ3v) is 10.3. The topological polar surface area (TPSA) is 128 Å². The van der Waals surface area contributed by atoms with E-state index >= 15 is 0 Å². The number of rotatable bonds is 9. The highest BCUT2D eigenvalue weighted by molar-refractivity contribution is 7.77. The lowest BCUT2D eigenvalue weighted by molar-refractivity contribution is -0.127. The maximum Gasteiger partial charge on any atom is 0.233 e. The summed E-state index contributed by atoms with van der Waals surface area (Å²) in [6.45, 7) is 1.12. The molecule has 2 aromatic carbocycles. The van der Waals surface area contributed by atoms with Crippen molar-refractivity contribution in [2.75, 3.05) is 13.1 Å². The van der Waals surface area contributed by atoms with Gasteiger partial charge in [-0.2, -0.15) is 0 Å². The Kier molecular flexibility index (Phi) is 9.59. The first-order chi connectivity index (χ1) is 21.1. The van der Waals surface area contributed by atoms with Crippen molar-refractivity contribution in [1.82, 2.24) is 14.8 Å². The lowest BCUT2D eigenvalue weighted by atomic mass is 9.81. The molecule has 1 aromatic heterocycles. The Labute approximate surface area is 273 Å². The molecule has 2 N–H and O–H groups in total. The van der Waals surface area contributed by atoms with Crippen molar-refractivity contribution in [3.63, 3.8) is 0 Å². The number of carbonyl (C=O) groups is 1. The van der Waals surface area contributed by atoms with Gasteiger partial charge in [-0.3, -0.25) is 18.6 Å². The van der Waals surface area contributed by atoms with Gasteiger partial charge in [0.2, 0.25) is 5.91 Å². The molecule has 2 aliphatic carbocycles. The molecule has 9 nitrogen and oxygen atoms in total. The summed E-state index contributed by atoms with van der Waals surface area (Å²) in [7, 11) is 0. The smallest absolute Gasteiger partial charge is 0.233 e. The highest BCUT2D eigenvalue weighted by Crippen LogP contribution is 2.46. The van der Waals surface area contributed by atoms with Crippen molar-refractivity contribution < 1.29 is 27.9 Å². The minimum Gasteiger partial charge on any atom is -0.755 e. The molecule has 44 heavy (non-hydrogen) atoms. The van der Waals surface area contributed by atoms with Crippen LogP contribution in [0.2, 0.25) is 15.1 Å². The van der Waals surface area contributed by atoms with Crippen LogP contribution in [0.15, 0.2) is 40.9 Å². The summed E-state index contributed by atoms with van der Waals surface area (Å²) in [5.41, 5.74) is 1.58. The first-order valence-electron chi connectivity index (χ1n) is 14.8. The van der Waals surface area contributed by atoms with Crippen LogP contribution in [0.1, 0.15) is 74.2 Å². The van der Waals surface area contributed by atoms with E-state index in [1.54, 1.807) is 24.3 Å². The maximum absolute atomic E-state index is 12.1. The molecule has 2 heterocycles. The Hall–Kier alpha value is -2.18. The minimum atomic E-state index is -2.58. The number of nitrogens with zero attached hydrogens (tertiary/aromatic N) is 2. The van der Waals surface area contributed by atoms with Gasteiger partial charge in [0.25, 0.3) is 0 Å². The number of nitrogens with one attached hydrogen (secondary N) is 1. The molecule has 1 amide bonds. The predicted octanol–water partition coefficient (Wildman–Crippen LogP) is 6.51. The van der Waals surface area contributed by atoms with Crippen LogP contribution in [0.5, 0.6) is 5.75 Å². The molecule has 0 bridgehead atoms. The van der Waals surface area contributed by atoms with E-state index in [2.05, 4.69) is 10.1 Å². The number of hydrogen-bond donors (Lipinski definition) is 2. The zero-order valence-electron chi connectivity index (χ0n) is 23.9. The maximum atomic E-state index is 12.1. The van der Waals surface area contributed by atoms with Crippen LogP contribution >= 0.6 is 34.8 Å². The van der Waals surface area contributed by atoms with Gasteiger partial charge < -0.3 is 18.9 Å². The Balaban J connectivity index is 1.08. The molecule has 13 heteroatoms. The molecule has 2 saturated carbocycles. The number of carbonyl (C=O) groups excluding carboxylic acids is 1. The quantitative estimate of drug-likeness (QED) is 0.245. The van der Waals surface area contributed by atoms with E-state index in [9.17, 15) is 18.7 Å². The number of aliphatic hydroxyl groups is 1. The number of benzene rings is 2. The van der Waals surface area contributed by atoms with Crippen LogP contribution in [-0.2, 0) is 28.3 Å². The monoisotopic (exact) mass is 680 g/mol. The molecule has 3 aliphatic rings. The van der Waals surface area contributed by atoms with E-state index in [0.29, 0.717) is 75.5 Å². The number of hydrogen-bond acceptors (Lipinski definition) is 8. The van der Waals surface area contributed by atoms with Crippen molar-refractivity contribution in [3.05, 3.63) is 68.4 Å². The molecule has 3 aromatic rings. The fourth-order valence-electron chi connectivity index (χ4n) is 6.50. The number of ether oxygens (including phenoxy) is 1. The van der Waals surface area contributed by atoms with Crippen molar-refractivity contribution in [1.29, 1.82) is 0 Å². The fraction of sp³-hybridized carbons (Fsp3) is 0.484. The van der Waals surface area contributed by atoms with Crippen LogP contribution in [0, 0.1) is 5.92 Å². The van der Waals surface area contributed by atoms with Crippen molar-refractivity contribution >= 4 is 52.0 Å². The molecule has 3 fully saturated rings. The highest BCUT2D eigenvalue weighted by Gasteiger charge is 2.46. The summed E-state index contributed by atoms with van der Waals surface area (Å²) < 4.78 is 35.5. The lowest BCUT2D eigenvalue weighted by Crippen LogP contribution is -2.62. The second-order valence-corrected chi connectivity index (χ2v) is 13.9. The normalized spacial score (nSPS) is 22.8. The van der Waals surface area contributed by atoms with Gasteiger partial charge in [0.05, 0.1) is 20.6 Å². The third-order valence-electron chi connectivity index (χ3n) is 8.97. The summed E-state index contributed by atoms with van der Waals surface area (Å²) in [4.78, 5) is 14.4. The summed E-state index contributed by atoms with van der Waals surface area (Å²) in [6, 6.07) is 11.0. The number of halogens is 3. The van der Waals surface area contributed by atoms with Crippen LogP contribution < -0.4 is 9.46 Å². The van der Waals surface area contributed by atoms with Crippen molar-refractivity contribution in [2.24, 2.45) is 5.92 Å². The molecule has 0 spiro atoms. The molecule has 1 unspecified atom stereocenters. The Bertz CT molecular complexity index is 1530. The number of aromatic nitrogens is 1. The summed E-state index contributed by atoms with van der Waals surface area (Å²) in [5.74, 6) is 0.929. The van der Waals surface area contributed by atoms with Gasteiger partial charge in [-0.25, -0.2) is 0 Å². The first-order valence-corrected chi connectivity index (χ1v) is 17.1. The third kappa shape index (κ3) is 6.82. The Morgan fingerprint density at radius 1 is 1.07 bits per heavy atom. The Morgan fingerprint density at radius 3 is 2.36 bits per heavy atom. The van der Waals surface area contributed by atoms with E-state index in [-0.39, 0.29) is 12.5 Å². The largest absolute Gasteiger partial charge is 0.755 e. The van der Waals surface area contributed by atoms with Crippen LogP contribution in [0.3, 0.4) is 0 Å². The molecule has 1 saturated heterocycles. The molecular weight excluding hydrogens is 649 g/mol. The number of β-amino-alcohol motifs (C(OH)–C–C–N with tert-alkyl or cyclic N) is 1. The molecular formula is C31H33Cl3N3O6S-. The van der Waals surface area contributed by atoms with Gasteiger partial charge in [0.15, 0.2) is 0 Å². The SMILES string of the molecule is O=C(NS(=O)[O-])C1CCCC(N2CC(O)(c3ccc(OCc4c(-c5c(Cl)cccc5Cl)noc4C4CC4)cc3Cl)C2)CCC1. The van der Waals surface area contributed by atoms with Gasteiger partial charge in [-0.1, -0.05) is 64.9 Å². The summed E-state index contributed by atoms with van der Waals surface area (Å²) in [6.07, 6.45) is 6.74. The molecule has 1 atom stereocenters. The Morgan fingerprint density at radius 2 is 1.75 bits per heavy atom. The zero-order valence-corrected chi connectivity index (χ0v) is 27.0. The highest BCUT2D eigenvalue weighted by atomic mass is 35.5.